The number of carboxylic acids is 1. The zero-order valence-corrected chi connectivity index (χ0v) is 33.7. The van der Waals surface area contributed by atoms with Gasteiger partial charge in [0.2, 0.25) is 0 Å². The van der Waals surface area contributed by atoms with Crippen LogP contribution in [0.25, 0.3) is 0 Å². The quantitative estimate of drug-likeness (QED) is 0.179. The van der Waals surface area contributed by atoms with Crippen molar-refractivity contribution in [3.63, 3.8) is 0 Å². The number of likely N-dealkylation sites (tertiary alicyclic amines) is 1. The number of carbonyl (C=O) groups excluding carboxylic acids is 2. The molecule has 5 saturated carbocycles. The molecule has 0 amide bonds. The smallest absolute Gasteiger partial charge is 0.320 e. The minimum absolute atomic E-state index is 0.0540. The Kier molecular flexibility index (Phi) is 10.2. The highest BCUT2D eigenvalue weighted by Gasteiger charge is 2.71. The highest BCUT2D eigenvalue weighted by molar-refractivity contribution is 5.81. The summed E-state index contributed by atoms with van der Waals surface area (Å²) < 4.78 is 12.2. The summed E-state index contributed by atoms with van der Waals surface area (Å²) in [4.78, 5) is 40.0. The second-order valence-electron chi connectivity index (χ2n) is 20.9. The van der Waals surface area contributed by atoms with Crippen LogP contribution in [0.5, 0.6) is 0 Å². The van der Waals surface area contributed by atoms with E-state index in [-0.39, 0.29) is 51.5 Å². The molecule has 0 spiro atoms. The highest BCUT2D eigenvalue weighted by Crippen LogP contribution is 2.78. The van der Waals surface area contributed by atoms with Gasteiger partial charge >= 0.3 is 17.9 Å². The van der Waals surface area contributed by atoms with E-state index in [0.29, 0.717) is 48.7 Å². The average molecular weight is 710 g/mol. The number of ether oxygens (including phenoxy) is 2. The Hall–Kier alpha value is -1.89. The predicted molar refractivity (Wildman–Crippen MR) is 201 cm³/mol. The summed E-state index contributed by atoms with van der Waals surface area (Å²) in [5.74, 6) is 2.08. The SMILES string of the molecule is C=C(C)C1CC[C@]2(CCOC(=O)CN3CCC(C)C3)CC[C@]3(C)[C@H](CC[C@@H]4[C@@]5(C)CC[C@H](OC(=O)CC(C)(C)C(=O)O)C(C)(C)[C@@H]5CC[C@]43C)[C@@H]12. The summed E-state index contributed by atoms with van der Waals surface area (Å²) in [6.45, 7) is 27.8. The third kappa shape index (κ3) is 6.43. The number of carbonyl (C=O) groups is 3. The minimum atomic E-state index is -1.14. The van der Waals surface area contributed by atoms with Crippen LogP contribution in [-0.4, -0.2) is 60.3 Å². The molecule has 11 atom stereocenters. The first-order valence-electron chi connectivity index (χ1n) is 20.7. The molecule has 0 bridgehead atoms. The Bertz CT molecular complexity index is 1390. The number of nitrogens with zero attached hydrogens (tertiary/aromatic N) is 1. The van der Waals surface area contributed by atoms with E-state index < -0.39 is 11.4 Å². The van der Waals surface area contributed by atoms with Crippen molar-refractivity contribution in [3.05, 3.63) is 12.2 Å². The maximum atomic E-state index is 13.1. The molecule has 1 aliphatic heterocycles. The van der Waals surface area contributed by atoms with Gasteiger partial charge in [-0.1, -0.05) is 53.7 Å². The molecule has 2 unspecified atom stereocenters. The van der Waals surface area contributed by atoms with E-state index >= 15 is 0 Å². The van der Waals surface area contributed by atoms with Crippen LogP contribution >= 0.6 is 0 Å². The van der Waals surface area contributed by atoms with Crippen LogP contribution < -0.4 is 0 Å². The fraction of sp³-hybridized carbons (Fsp3) is 0.886. The summed E-state index contributed by atoms with van der Waals surface area (Å²) in [6, 6.07) is 0. The predicted octanol–water partition coefficient (Wildman–Crippen LogP) is 9.33. The Morgan fingerprint density at radius 3 is 2.24 bits per heavy atom. The van der Waals surface area contributed by atoms with Gasteiger partial charge in [-0.2, -0.15) is 0 Å². The lowest BCUT2D eigenvalue weighted by Crippen LogP contribution is -2.66. The van der Waals surface area contributed by atoms with Crippen LogP contribution in [0, 0.1) is 68.0 Å². The Morgan fingerprint density at radius 1 is 0.863 bits per heavy atom. The van der Waals surface area contributed by atoms with E-state index in [1.54, 1.807) is 13.8 Å². The van der Waals surface area contributed by atoms with Gasteiger partial charge in [-0.3, -0.25) is 19.3 Å². The van der Waals surface area contributed by atoms with E-state index in [9.17, 15) is 19.5 Å². The number of fused-ring (bicyclic) bond motifs is 7. The molecule has 6 rings (SSSR count). The van der Waals surface area contributed by atoms with Crippen molar-refractivity contribution in [2.75, 3.05) is 26.2 Å². The lowest BCUT2D eigenvalue weighted by atomic mass is 9.32. The fourth-order valence-electron chi connectivity index (χ4n) is 14.3. The first-order chi connectivity index (χ1) is 23.7. The van der Waals surface area contributed by atoms with Gasteiger partial charge in [-0.15, -0.1) is 0 Å². The maximum absolute atomic E-state index is 13.1. The van der Waals surface area contributed by atoms with E-state index in [4.69, 9.17) is 9.47 Å². The molecule has 1 N–H and O–H groups in total. The molecule has 6 aliphatic rings. The number of allylic oxidation sites excluding steroid dienone is 1. The first-order valence-corrected chi connectivity index (χ1v) is 20.7. The zero-order valence-electron chi connectivity index (χ0n) is 33.7. The monoisotopic (exact) mass is 710 g/mol. The van der Waals surface area contributed by atoms with Crippen LogP contribution in [-0.2, 0) is 23.9 Å². The molecule has 5 aliphatic carbocycles. The molecule has 7 heteroatoms. The average Bonchev–Trinajstić information content (AvgIpc) is 3.62. The zero-order chi connectivity index (χ0) is 37.4. The molecule has 288 valence electrons. The van der Waals surface area contributed by atoms with Crippen molar-refractivity contribution >= 4 is 17.9 Å². The molecule has 1 saturated heterocycles. The second-order valence-corrected chi connectivity index (χ2v) is 20.9. The molecule has 7 nitrogen and oxygen atoms in total. The fourth-order valence-corrected chi connectivity index (χ4v) is 14.3. The van der Waals surface area contributed by atoms with Crippen LogP contribution in [0.4, 0.5) is 0 Å². The number of rotatable bonds is 10. The molecule has 0 aromatic carbocycles. The van der Waals surface area contributed by atoms with Crippen molar-refractivity contribution in [1.29, 1.82) is 0 Å². The number of aliphatic carboxylic acids is 1. The minimum Gasteiger partial charge on any atom is -0.481 e. The third-order valence-corrected chi connectivity index (χ3v) is 17.3. The number of hydrogen-bond donors (Lipinski definition) is 1. The van der Waals surface area contributed by atoms with Gasteiger partial charge in [0.15, 0.2) is 0 Å². The summed E-state index contributed by atoms with van der Waals surface area (Å²) in [7, 11) is 0. The summed E-state index contributed by atoms with van der Waals surface area (Å²) in [5.41, 5.74) is 0.858. The lowest BCUT2D eigenvalue weighted by molar-refractivity contribution is -0.251. The molecule has 0 radical (unpaired) electrons. The second kappa shape index (κ2) is 13.4. The van der Waals surface area contributed by atoms with Gasteiger partial charge in [0, 0.05) is 12.0 Å². The van der Waals surface area contributed by atoms with Crippen molar-refractivity contribution in [1.82, 2.24) is 4.90 Å². The molecule has 0 aromatic heterocycles. The standard InChI is InChI=1S/C44H71NO6/c1-28(2)30-13-19-44(22-24-50-36(47)27-45-23-16-29(3)26-45)21-20-42(9)31(37(30)44)11-12-33-41(8)17-15-34(51-35(46)25-39(4,5)38(48)49)40(6,7)32(41)14-18-43(33,42)10/h29-34,37H,1,11-27H2,2-10H3,(H,48,49)/t29?,30?,31-,32+,33-,34+,37-,41+,42-,43-,44-/m1/s1. The van der Waals surface area contributed by atoms with Gasteiger partial charge in [0.05, 0.1) is 25.0 Å². The van der Waals surface area contributed by atoms with E-state index in [0.717, 1.165) is 38.8 Å². The van der Waals surface area contributed by atoms with Crippen molar-refractivity contribution in [2.45, 2.75) is 152 Å². The van der Waals surface area contributed by atoms with Crippen molar-refractivity contribution < 1.29 is 29.0 Å². The van der Waals surface area contributed by atoms with Gasteiger partial charge in [-0.05, 0) is 162 Å². The number of hydrogen-bond acceptors (Lipinski definition) is 6. The van der Waals surface area contributed by atoms with Gasteiger partial charge in [-0.25, -0.2) is 0 Å². The van der Waals surface area contributed by atoms with Crippen LogP contribution in [0.3, 0.4) is 0 Å². The molecule has 0 aromatic rings. The normalized spacial score (nSPS) is 43.3. The topological polar surface area (TPSA) is 93.1 Å². The third-order valence-electron chi connectivity index (χ3n) is 17.3. The van der Waals surface area contributed by atoms with Crippen LogP contribution in [0.15, 0.2) is 12.2 Å². The van der Waals surface area contributed by atoms with Crippen LogP contribution in [0.1, 0.15) is 146 Å². The van der Waals surface area contributed by atoms with Gasteiger partial charge in [0.25, 0.3) is 0 Å². The van der Waals surface area contributed by atoms with E-state index in [2.05, 4.69) is 59.9 Å². The molecular weight excluding hydrogens is 638 g/mol. The van der Waals surface area contributed by atoms with Crippen molar-refractivity contribution in [3.8, 4) is 0 Å². The number of carboxylic acid groups (broad SMARTS) is 1. The first kappa shape index (κ1) is 38.8. The van der Waals surface area contributed by atoms with Crippen LogP contribution in [0.2, 0.25) is 0 Å². The van der Waals surface area contributed by atoms with Gasteiger partial charge in [0.1, 0.15) is 6.10 Å². The maximum Gasteiger partial charge on any atom is 0.320 e. The molecule has 1 heterocycles. The van der Waals surface area contributed by atoms with E-state index in [1.807, 2.05) is 0 Å². The highest BCUT2D eigenvalue weighted by atomic mass is 16.5. The van der Waals surface area contributed by atoms with E-state index in [1.165, 1.54) is 56.9 Å². The summed E-state index contributed by atoms with van der Waals surface area (Å²) >= 11 is 0. The largest absolute Gasteiger partial charge is 0.481 e. The Morgan fingerprint density at radius 2 is 1.59 bits per heavy atom. The van der Waals surface area contributed by atoms with Gasteiger partial charge < -0.3 is 14.6 Å². The Labute approximate surface area is 309 Å². The molecule has 51 heavy (non-hydrogen) atoms. The number of esters is 2. The molecular formula is C44H71NO6. The lowest BCUT2D eigenvalue weighted by Gasteiger charge is -2.73. The Balaban J connectivity index is 1.18. The molecule has 6 fully saturated rings. The van der Waals surface area contributed by atoms with Crippen molar-refractivity contribution in [2.24, 2.45) is 68.0 Å². The summed E-state index contributed by atoms with van der Waals surface area (Å²) in [5, 5.41) is 9.61. The summed E-state index contributed by atoms with van der Waals surface area (Å²) in [6.07, 6.45) is 13.5.